The molecule has 6 nitrogen and oxygen atoms in total. The number of unbranched alkanes of at least 4 members (excludes halogenated alkanes) is 2. The minimum Gasteiger partial charge on any atom is -0.481 e. The minimum atomic E-state index is -4.24. The number of benzene rings is 1. The molecule has 132 valence electrons. The van der Waals surface area contributed by atoms with Gasteiger partial charge in [0.05, 0.1) is 10.3 Å². The highest BCUT2D eigenvalue weighted by Gasteiger charge is 2.45. The minimum absolute atomic E-state index is 0.0959. The molecule has 0 saturated carbocycles. The van der Waals surface area contributed by atoms with Crippen LogP contribution in [0.5, 0.6) is 0 Å². The van der Waals surface area contributed by atoms with Gasteiger partial charge in [0, 0.05) is 25.0 Å². The Hall–Kier alpha value is -1.73. The van der Waals surface area contributed by atoms with Crippen LogP contribution >= 0.6 is 0 Å². The first-order valence-electron chi connectivity index (χ1n) is 7.99. The van der Waals surface area contributed by atoms with Gasteiger partial charge in [0.25, 0.3) is 10.1 Å². The number of carbonyl (C=O) groups is 1. The van der Waals surface area contributed by atoms with Gasteiger partial charge in [-0.1, -0.05) is 12.8 Å². The van der Waals surface area contributed by atoms with Gasteiger partial charge in [-0.05, 0) is 31.9 Å². The first-order valence-corrected chi connectivity index (χ1v) is 9.43. The van der Waals surface area contributed by atoms with Gasteiger partial charge in [0.15, 0.2) is 5.71 Å². The van der Waals surface area contributed by atoms with Gasteiger partial charge in [-0.15, -0.1) is 0 Å². The van der Waals surface area contributed by atoms with Crippen LogP contribution < -0.4 is 0 Å². The molecule has 1 atom stereocenters. The van der Waals surface area contributed by atoms with Gasteiger partial charge in [0.2, 0.25) is 5.69 Å². The van der Waals surface area contributed by atoms with E-state index >= 15 is 0 Å². The lowest BCUT2D eigenvalue weighted by molar-refractivity contribution is -0.403. The number of aliphatic carboxylic acids is 1. The van der Waals surface area contributed by atoms with E-state index in [4.69, 9.17) is 5.11 Å². The molecule has 0 saturated heterocycles. The van der Waals surface area contributed by atoms with Gasteiger partial charge in [-0.25, -0.2) is 4.58 Å². The molecular formula is C17H24NO5S+. The second kappa shape index (κ2) is 6.64. The Kier molecular flexibility index (Phi) is 5.15. The molecule has 1 aromatic carbocycles. The zero-order valence-corrected chi connectivity index (χ0v) is 15.1. The Morgan fingerprint density at radius 2 is 1.92 bits per heavy atom. The highest BCUT2D eigenvalue weighted by molar-refractivity contribution is 7.85. The quantitative estimate of drug-likeness (QED) is 0.446. The number of hydrogen-bond acceptors (Lipinski definition) is 3. The summed E-state index contributed by atoms with van der Waals surface area (Å²) in [4.78, 5) is 10.5. The molecule has 24 heavy (non-hydrogen) atoms. The first-order chi connectivity index (χ1) is 11.1. The van der Waals surface area contributed by atoms with E-state index in [9.17, 15) is 17.8 Å². The fourth-order valence-corrected chi connectivity index (χ4v) is 3.91. The molecule has 0 bridgehead atoms. The zero-order valence-electron chi connectivity index (χ0n) is 14.2. The van der Waals surface area contributed by atoms with Crippen molar-refractivity contribution in [3.8, 4) is 0 Å². The fraction of sp³-hybridized carbons (Fsp3) is 0.529. The zero-order chi connectivity index (χ0) is 18.1. The molecule has 0 amide bonds. The molecule has 1 heterocycles. The van der Waals surface area contributed by atoms with Crippen LogP contribution in [0.2, 0.25) is 0 Å². The summed E-state index contributed by atoms with van der Waals surface area (Å²) < 4.78 is 34.3. The fourth-order valence-electron chi connectivity index (χ4n) is 3.40. The summed E-state index contributed by atoms with van der Waals surface area (Å²) in [5, 5.41) is 8.70. The van der Waals surface area contributed by atoms with Gasteiger partial charge >= 0.3 is 5.97 Å². The normalized spacial score (nSPS) is 20.3. The van der Waals surface area contributed by atoms with Crippen molar-refractivity contribution in [2.75, 3.05) is 7.05 Å². The van der Waals surface area contributed by atoms with Crippen LogP contribution in [-0.2, 0) is 20.3 Å². The van der Waals surface area contributed by atoms with Crippen molar-refractivity contribution in [1.82, 2.24) is 0 Å². The van der Waals surface area contributed by atoms with Crippen LogP contribution in [-0.4, -0.2) is 41.4 Å². The van der Waals surface area contributed by atoms with Crippen molar-refractivity contribution in [2.24, 2.45) is 0 Å². The predicted molar refractivity (Wildman–Crippen MR) is 90.9 cm³/mol. The first kappa shape index (κ1) is 18.6. The topological polar surface area (TPSA) is 94.7 Å². The van der Waals surface area contributed by atoms with E-state index < -0.39 is 16.1 Å². The van der Waals surface area contributed by atoms with Crippen molar-refractivity contribution in [3.63, 3.8) is 0 Å². The largest absolute Gasteiger partial charge is 0.481 e. The average molecular weight is 354 g/mol. The molecule has 2 N–H and O–H groups in total. The molecule has 0 radical (unpaired) electrons. The number of rotatable bonds is 7. The van der Waals surface area contributed by atoms with E-state index in [2.05, 4.69) is 6.92 Å². The Bertz CT molecular complexity index is 797. The van der Waals surface area contributed by atoms with Crippen LogP contribution in [0.25, 0.3) is 0 Å². The summed E-state index contributed by atoms with van der Waals surface area (Å²) >= 11 is 0. The highest BCUT2D eigenvalue weighted by Crippen LogP contribution is 2.43. The van der Waals surface area contributed by atoms with Gasteiger partial charge in [-0.2, -0.15) is 8.42 Å². The molecule has 0 spiro atoms. The average Bonchev–Trinajstić information content (AvgIpc) is 2.68. The SMILES string of the molecule is CC1=[N+](C)c2ccc(S(=O)(=O)O)cc2C1(C)CCCCCC(=O)O. The molecule has 1 aliphatic rings. The molecule has 2 rings (SSSR count). The Balaban J connectivity index is 2.26. The van der Waals surface area contributed by atoms with E-state index in [0.717, 1.165) is 36.2 Å². The van der Waals surface area contributed by atoms with Crippen LogP contribution in [0.3, 0.4) is 0 Å². The summed E-state index contributed by atoms with van der Waals surface area (Å²) in [5.41, 5.74) is 2.61. The van der Waals surface area contributed by atoms with E-state index in [1.807, 2.05) is 18.5 Å². The van der Waals surface area contributed by atoms with Crippen LogP contribution in [0.4, 0.5) is 5.69 Å². The van der Waals surface area contributed by atoms with E-state index in [1.54, 1.807) is 12.1 Å². The van der Waals surface area contributed by atoms with E-state index in [0.29, 0.717) is 6.42 Å². The van der Waals surface area contributed by atoms with Crippen LogP contribution in [0.15, 0.2) is 23.1 Å². The number of carboxylic acid groups (broad SMARTS) is 1. The lowest BCUT2D eigenvalue weighted by Crippen LogP contribution is -2.29. The maximum atomic E-state index is 11.4. The van der Waals surface area contributed by atoms with Crippen molar-refractivity contribution in [1.29, 1.82) is 0 Å². The lowest BCUT2D eigenvalue weighted by Gasteiger charge is -2.22. The standard InChI is InChI=1S/C17H23NO5S/c1-12-17(2,10-6-4-5-7-16(19)20)14-11-13(24(21,22)23)8-9-15(14)18(12)3/h8-9,11H,4-7,10H2,1-3H3,(H-,19,20,21,22,23)/p+1. The molecule has 0 aromatic heterocycles. The number of fused-ring (bicyclic) bond motifs is 1. The Morgan fingerprint density at radius 3 is 2.50 bits per heavy atom. The summed E-state index contributed by atoms with van der Waals surface area (Å²) in [5.74, 6) is -0.785. The Morgan fingerprint density at radius 1 is 1.25 bits per heavy atom. The third-order valence-electron chi connectivity index (χ3n) is 5.09. The van der Waals surface area contributed by atoms with Crippen molar-refractivity contribution < 1.29 is 27.4 Å². The summed E-state index contributed by atoms with van der Waals surface area (Å²) in [7, 11) is -2.30. The second-order valence-corrected chi connectivity index (χ2v) is 8.01. The lowest BCUT2D eigenvalue weighted by atomic mass is 9.76. The van der Waals surface area contributed by atoms with Crippen molar-refractivity contribution in [3.05, 3.63) is 23.8 Å². The predicted octanol–water partition coefficient (Wildman–Crippen LogP) is 2.97. The number of nitrogens with zero attached hydrogens (tertiary/aromatic N) is 1. The van der Waals surface area contributed by atoms with Gasteiger partial charge < -0.3 is 5.11 Å². The summed E-state index contributed by atoms with van der Waals surface area (Å²) in [6.07, 6.45) is 3.27. The van der Waals surface area contributed by atoms with E-state index in [-0.39, 0.29) is 16.7 Å². The highest BCUT2D eigenvalue weighted by atomic mass is 32.2. The molecule has 1 aromatic rings. The third kappa shape index (κ3) is 3.52. The van der Waals surface area contributed by atoms with Gasteiger partial charge in [0.1, 0.15) is 7.05 Å². The summed E-state index contributed by atoms with van der Waals surface area (Å²) in [6.45, 7) is 4.08. The number of hydrogen-bond donors (Lipinski definition) is 2. The van der Waals surface area contributed by atoms with Crippen molar-refractivity contribution in [2.45, 2.75) is 56.3 Å². The van der Waals surface area contributed by atoms with E-state index in [1.165, 1.54) is 6.07 Å². The smallest absolute Gasteiger partial charge is 0.303 e. The molecule has 1 unspecified atom stereocenters. The molecule has 7 heteroatoms. The maximum Gasteiger partial charge on any atom is 0.303 e. The molecule has 0 aliphatic carbocycles. The van der Waals surface area contributed by atoms with Crippen LogP contribution in [0, 0.1) is 0 Å². The number of carboxylic acids is 1. The summed E-state index contributed by atoms with van der Waals surface area (Å²) in [6, 6.07) is 4.68. The van der Waals surface area contributed by atoms with Crippen molar-refractivity contribution >= 4 is 27.5 Å². The Labute approximate surface area is 142 Å². The molecule has 0 fully saturated rings. The maximum absolute atomic E-state index is 11.4. The second-order valence-electron chi connectivity index (χ2n) is 6.58. The molecule has 1 aliphatic heterocycles. The molecular weight excluding hydrogens is 330 g/mol. The van der Waals surface area contributed by atoms with Crippen LogP contribution in [0.1, 0.15) is 51.5 Å². The third-order valence-corrected chi connectivity index (χ3v) is 5.94. The van der Waals surface area contributed by atoms with Gasteiger partial charge in [-0.3, -0.25) is 9.35 Å². The monoisotopic (exact) mass is 354 g/mol.